The summed E-state index contributed by atoms with van der Waals surface area (Å²) in [5.74, 6) is -0.527. The first-order valence-corrected chi connectivity index (χ1v) is 11.9. The van der Waals surface area contributed by atoms with E-state index < -0.39 is 18.3 Å². The molecule has 0 unspecified atom stereocenters. The summed E-state index contributed by atoms with van der Waals surface area (Å²) in [6, 6.07) is 16.3. The van der Waals surface area contributed by atoms with Gasteiger partial charge in [-0.15, -0.1) is 0 Å². The van der Waals surface area contributed by atoms with Crippen LogP contribution in [0.3, 0.4) is 0 Å². The van der Waals surface area contributed by atoms with Gasteiger partial charge in [-0.25, -0.2) is 10.1 Å². The van der Waals surface area contributed by atoms with Crippen molar-refractivity contribution in [3.05, 3.63) is 88.0 Å². The lowest BCUT2D eigenvalue weighted by molar-refractivity contribution is 0.0358. The number of hydrogen-bond donors (Lipinski definition) is 3. The average Bonchev–Trinajstić information content (AvgIpc) is 2.80. The molecule has 0 saturated heterocycles. The highest BCUT2D eigenvalue weighted by atomic mass is 16.3. The summed E-state index contributed by atoms with van der Waals surface area (Å²) in [6.07, 6.45) is 1.69. The quantitative estimate of drug-likeness (QED) is 0.395. The van der Waals surface area contributed by atoms with Gasteiger partial charge in [-0.3, -0.25) is 15.0 Å². The first-order valence-electron chi connectivity index (χ1n) is 11.9. The Hall–Kier alpha value is -4.07. The Balaban J connectivity index is 1.68. The van der Waals surface area contributed by atoms with Gasteiger partial charge in [0.2, 0.25) is 0 Å². The summed E-state index contributed by atoms with van der Waals surface area (Å²) < 4.78 is 0. The standard InChI is InChI=1S/C28H31BN4O3/c1-17-12-18(2)14-22(13-17)27(36)33(28(4,5)6)31-26(35)20-10-11-21-16-30-32-29(23(21)15-20)25-19(3)8-7-9-24(25)34/h7-16,32,34H,1-6H3,(H,31,35). The number of benzene rings is 3. The van der Waals surface area contributed by atoms with E-state index in [1.54, 1.807) is 30.5 Å². The Kier molecular flexibility index (Phi) is 6.63. The monoisotopic (exact) mass is 482 g/mol. The van der Waals surface area contributed by atoms with Gasteiger partial charge in [-0.1, -0.05) is 47.0 Å². The number of phenolic OH excluding ortho intramolecular Hbond substituents is 1. The maximum atomic E-state index is 13.5. The van der Waals surface area contributed by atoms with E-state index in [0.717, 1.165) is 27.7 Å². The van der Waals surface area contributed by atoms with Gasteiger partial charge in [-0.05, 0) is 82.3 Å². The number of amides is 2. The van der Waals surface area contributed by atoms with Gasteiger partial charge in [0.15, 0.2) is 0 Å². The Labute approximate surface area is 212 Å². The maximum Gasteiger partial charge on any atom is 0.343 e. The number of hydrazone groups is 1. The van der Waals surface area contributed by atoms with Gasteiger partial charge >= 0.3 is 6.85 Å². The topological polar surface area (TPSA) is 94.0 Å². The highest BCUT2D eigenvalue weighted by molar-refractivity contribution is 6.85. The van der Waals surface area contributed by atoms with Crippen molar-refractivity contribution in [3.63, 3.8) is 0 Å². The molecule has 8 heteroatoms. The van der Waals surface area contributed by atoms with Crippen LogP contribution in [0.1, 0.15) is 63.7 Å². The molecule has 1 heterocycles. The van der Waals surface area contributed by atoms with Crippen LogP contribution in [0.4, 0.5) is 0 Å². The molecule has 2 amide bonds. The van der Waals surface area contributed by atoms with Crippen LogP contribution in [0.5, 0.6) is 5.75 Å². The number of carbonyl (C=O) groups excluding carboxylic acids is 2. The molecule has 0 bridgehead atoms. The molecule has 3 aromatic carbocycles. The van der Waals surface area contributed by atoms with Crippen molar-refractivity contribution in [2.45, 2.75) is 47.1 Å². The smallest absolute Gasteiger partial charge is 0.343 e. The maximum absolute atomic E-state index is 13.5. The van der Waals surface area contributed by atoms with Crippen LogP contribution in [-0.2, 0) is 0 Å². The number of nitrogens with one attached hydrogen (secondary N) is 2. The number of phenols is 1. The largest absolute Gasteiger partial charge is 0.508 e. The van der Waals surface area contributed by atoms with E-state index in [1.165, 1.54) is 5.01 Å². The molecule has 7 nitrogen and oxygen atoms in total. The van der Waals surface area contributed by atoms with E-state index in [2.05, 4.69) is 15.9 Å². The summed E-state index contributed by atoms with van der Waals surface area (Å²) in [5.41, 5.74) is 8.31. The van der Waals surface area contributed by atoms with Crippen LogP contribution in [0.2, 0.25) is 0 Å². The second-order valence-corrected chi connectivity index (χ2v) is 10.3. The van der Waals surface area contributed by atoms with Crippen molar-refractivity contribution in [2.24, 2.45) is 5.10 Å². The van der Waals surface area contributed by atoms with Crippen molar-refractivity contribution in [1.82, 2.24) is 15.8 Å². The zero-order valence-electron chi connectivity index (χ0n) is 21.5. The third-order valence-electron chi connectivity index (χ3n) is 6.21. The molecule has 0 radical (unpaired) electrons. The fourth-order valence-electron chi connectivity index (χ4n) is 4.51. The SMILES string of the molecule is Cc1cc(C)cc(C(=O)N(NC(=O)c2ccc3c(c2)B(c2c(C)cccc2O)NN=C3)C(C)(C)C)c1. The summed E-state index contributed by atoms with van der Waals surface area (Å²) >= 11 is 0. The van der Waals surface area contributed by atoms with E-state index in [-0.39, 0.29) is 11.7 Å². The second kappa shape index (κ2) is 9.53. The molecular formula is C28H31BN4O3. The third-order valence-corrected chi connectivity index (χ3v) is 6.21. The number of nitrogens with zero attached hydrogens (tertiary/aromatic N) is 2. The highest BCUT2D eigenvalue weighted by Crippen LogP contribution is 2.18. The summed E-state index contributed by atoms with van der Waals surface area (Å²) in [7, 11) is 0. The van der Waals surface area contributed by atoms with Gasteiger partial charge in [0, 0.05) is 11.1 Å². The first-order chi connectivity index (χ1) is 17.0. The van der Waals surface area contributed by atoms with Crippen molar-refractivity contribution in [1.29, 1.82) is 0 Å². The van der Waals surface area contributed by atoms with Crippen molar-refractivity contribution in [3.8, 4) is 5.75 Å². The molecule has 36 heavy (non-hydrogen) atoms. The van der Waals surface area contributed by atoms with Crippen LogP contribution in [0.25, 0.3) is 0 Å². The number of aromatic hydroxyl groups is 1. The normalized spacial score (nSPS) is 12.6. The number of rotatable bonds is 3. The number of carbonyl (C=O) groups is 2. The van der Waals surface area contributed by atoms with Crippen molar-refractivity contribution >= 4 is 35.8 Å². The Bertz CT molecular complexity index is 1340. The average molecular weight is 482 g/mol. The van der Waals surface area contributed by atoms with Crippen LogP contribution in [-0.4, -0.2) is 40.5 Å². The molecule has 1 aliphatic rings. The van der Waals surface area contributed by atoms with Crippen molar-refractivity contribution in [2.75, 3.05) is 0 Å². The van der Waals surface area contributed by atoms with Crippen LogP contribution in [0, 0.1) is 20.8 Å². The van der Waals surface area contributed by atoms with Gasteiger partial charge in [0.25, 0.3) is 11.8 Å². The lowest BCUT2D eigenvalue weighted by Crippen LogP contribution is -2.57. The number of aryl methyl sites for hydroxylation is 3. The van der Waals surface area contributed by atoms with E-state index in [9.17, 15) is 14.7 Å². The van der Waals surface area contributed by atoms with Gasteiger partial charge in [0.1, 0.15) is 5.75 Å². The van der Waals surface area contributed by atoms with E-state index >= 15 is 0 Å². The third kappa shape index (κ3) is 4.98. The van der Waals surface area contributed by atoms with Gasteiger partial charge < -0.3 is 10.4 Å². The molecule has 0 aromatic heterocycles. The number of fused-ring (bicyclic) bond motifs is 1. The molecule has 1 aliphatic heterocycles. The molecular weight excluding hydrogens is 451 g/mol. The molecule has 0 fully saturated rings. The van der Waals surface area contributed by atoms with Crippen LogP contribution < -0.4 is 21.7 Å². The van der Waals surface area contributed by atoms with Crippen LogP contribution in [0.15, 0.2) is 59.7 Å². The first kappa shape index (κ1) is 25.0. The second-order valence-electron chi connectivity index (χ2n) is 10.3. The van der Waals surface area contributed by atoms with Gasteiger partial charge in [0.05, 0.1) is 11.8 Å². The summed E-state index contributed by atoms with van der Waals surface area (Å²) in [5, 5.41) is 19.2. The number of hydrazine groups is 1. The Morgan fingerprint density at radius 2 is 1.67 bits per heavy atom. The summed E-state index contributed by atoms with van der Waals surface area (Å²) in [6.45, 7) is 11.0. The molecule has 4 rings (SSSR count). The molecule has 3 N–H and O–H groups in total. The van der Waals surface area contributed by atoms with Gasteiger partial charge in [-0.2, -0.15) is 0 Å². The molecule has 0 atom stereocenters. The minimum atomic E-state index is -0.664. The molecule has 0 saturated carbocycles. The van der Waals surface area contributed by atoms with Crippen LogP contribution >= 0.6 is 0 Å². The molecule has 0 spiro atoms. The summed E-state index contributed by atoms with van der Waals surface area (Å²) in [4.78, 5) is 26.9. The zero-order chi connectivity index (χ0) is 26.2. The minimum Gasteiger partial charge on any atom is -0.508 e. The predicted octanol–water partition coefficient (Wildman–Crippen LogP) is 2.95. The fraction of sp³-hybridized carbons (Fsp3) is 0.250. The highest BCUT2D eigenvalue weighted by Gasteiger charge is 2.32. The molecule has 184 valence electrons. The lowest BCUT2D eigenvalue weighted by Gasteiger charge is -2.35. The predicted molar refractivity (Wildman–Crippen MR) is 144 cm³/mol. The van der Waals surface area contributed by atoms with Crippen molar-refractivity contribution < 1.29 is 14.7 Å². The minimum absolute atomic E-state index is 0.156. The molecule has 3 aromatic rings. The van der Waals surface area contributed by atoms with E-state index in [4.69, 9.17) is 0 Å². The van der Waals surface area contributed by atoms with E-state index in [1.807, 2.05) is 71.9 Å². The zero-order valence-corrected chi connectivity index (χ0v) is 21.5. The molecule has 0 aliphatic carbocycles. The van der Waals surface area contributed by atoms with E-state index in [0.29, 0.717) is 16.6 Å². The fourth-order valence-corrected chi connectivity index (χ4v) is 4.51. The lowest BCUT2D eigenvalue weighted by atomic mass is 9.48. The Morgan fingerprint density at radius 3 is 2.31 bits per heavy atom. The Morgan fingerprint density at radius 1 is 0.972 bits per heavy atom. The number of hydrogen-bond acceptors (Lipinski definition) is 5.